The van der Waals surface area contributed by atoms with Gasteiger partial charge in [0.05, 0.1) is 29.5 Å². The number of nitrogens with one attached hydrogen (secondary N) is 4. The minimum atomic E-state index is -3.80. The van der Waals surface area contributed by atoms with Crippen molar-refractivity contribution in [3.8, 4) is 0 Å². The van der Waals surface area contributed by atoms with Gasteiger partial charge in [0.15, 0.2) is 9.84 Å². The quantitative estimate of drug-likeness (QED) is 0.215. The zero-order valence-corrected chi connectivity index (χ0v) is 28.9. The number of aliphatic hydroxyl groups excluding tert-OH is 1. The normalized spacial score (nSPS) is 23.2. The van der Waals surface area contributed by atoms with Crippen molar-refractivity contribution in [1.82, 2.24) is 26.2 Å². The van der Waals surface area contributed by atoms with Gasteiger partial charge in [0.1, 0.15) is 6.04 Å². The number of nitrogens with zero attached hydrogens (tertiary/aromatic N) is 1. The Morgan fingerprint density at radius 1 is 1.00 bits per heavy atom. The fourth-order valence-corrected chi connectivity index (χ4v) is 7.15. The van der Waals surface area contributed by atoms with E-state index >= 15 is 0 Å². The molecule has 3 amide bonds. The van der Waals surface area contributed by atoms with Crippen molar-refractivity contribution in [3.05, 3.63) is 35.9 Å². The number of piperidine rings is 1. The minimum absolute atomic E-state index is 0.0652. The lowest BCUT2D eigenvalue weighted by atomic mass is 9.72. The summed E-state index contributed by atoms with van der Waals surface area (Å²) in [6, 6.07) is 6.75. The van der Waals surface area contributed by atoms with Crippen LogP contribution in [0.25, 0.3) is 0 Å². The molecule has 0 aromatic heterocycles. The maximum Gasteiger partial charge on any atom is 0.244 e. The number of β-amino-alcohol motifs (C(OH)–C–C–N with tert-alkyl or cyclic N) is 1. The second kappa shape index (κ2) is 15.4. The molecule has 0 spiro atoms. The lowest BCUT2D eigenvalue weighted by molar-refractivity contribution is -0.133. The lowest BCUT2D eigenvalue weighted by Gasteiger charge is -2.47. The summed E-state index contributed by atoms with van der Waals surface area (Å²) in [6.07, 6.45) is 5.44. The first-order chi connectivity index (χ1) is 20.9. The van der Waals surface area contributed by atoms with E-state index in [2.05, 4.69) is 26.2 Å². The van der Waals surface area contributed by atoms with Gasteiger partial charge in [0.2, 0.25) is 17.7 Å². The van der Waals surface area contributed by atoms with Gasteiger partial charge in [0.25, 0.3) is 0 Å². The summed E-state index contributed by atoms with van der Waals surface area (Å²) in [5.74, 6) is -0.401. The first-order valence-corrected chi connectivity index (χ1v) is 18.0. The van der Waals surface area contributed by atoms with E-state index in [0.717, 1.165) is 37.5 Å². The average molecular weight is 650 g/mol. The van der Waals surface area contributed by atoms with E-state index < -0.39 is 56.2 Å². The summed E-state index contributed by atoms with van der Waals surface area (Å²) in [5, 5.41) is 23.1. The molecule has 254 valence electrons. The molecule has 1 saturated carbocycles. The van der Waals surface area contributed by atoms with Gasteiger partial charge in [-0.05, 0) is 78.3 Å². The number of rotatable bonds is 13. The van der Waals surface area contributed by atoms with Crippen LogP contribution in [0.2, 0.25) is 0 Å². The molecule has 45 heavy (non-hydrogen) atoms. The Morgan fingerprint density at radius 2 is 1.62 bits per heavy atom. The van der Waals surface area contributed by atoms with Crippen molar-refractivity contribution >= 4 is 27.6 Å². The third kappa shape index (κ3) is 10.2. The number of carbonyl (C=O) groups excluding carboxylic acids is 3. The average Bonchev–Trinajstić information content (AvgIpc) is 2.94. The molecule has 5 N–H and O–H groups in total. The van der Waals surface area contributed by atoms with E-state index in [1.165, 1.54) is 20.3 Å². The molecule has 6 atom stereocenters. The summed E-state index contributed by atoms with van der Waals surface area (Å²) in [4.78, 5) is 42.1. The number of sulfone groups is 1. The Balaban J connectivity index is 1.91. The Hall–Kier alpha value is -2.54. The number of amides is 3. The predicted molar refractivity (Wildman–Crippen MR) is 176 cm³/mol. The topological polar surface area (TPSA) is 157 Å². The maximum atomic E-state index is 13.9. The van der Waals surface area contributed by atoms with Crippen molar-refractivity contribution in [3.63, 3.8) is 0 Å². The summed E-state index contributed by atoms with van der Waals surface area (Å²) in [7, 11) is -2.22. The zero-order valence-electron chi connectivity index (χ0n) is 28.1. The third-order valence-corrected chi connectivity index (χ3v) is 11.5. The van der Waals surface area contributed by atoms with Crippen molar-refractivity contribution in [2.75, 3.05) is 32.9 Å². The summed E-state index contributed by atoms with van der Waals surface area (Å²) >= 11 is 0. The van der Waals surface area contributed by atoms with Crippen LogP contribution in [0.3, 0.4) is 0 Å². The van der Waals surface area contributed by atoms with Crippen LogP contribution in [-0.2, 0) is 30.6 Å². The van der Waals surface area contributed by atoms with Gasteiger partial charge in [-0.3, -0.25) is 19.3 Å². The number of aliphatic hydroxyl groups is 1. The lowest BCUT2D eigenvalue weighted by Crippen LogP contribution is -2.64. The number of hydrogen-bond acceptors (Lipinski definition) is 8. The van der Waals surface area contributed by atoms with Gasteiger partial charge in [-0.15, -0.1) is 0 Å². The van der Waals surface area contributed by atoms with Crippen molar-refractivity contribution in [1.29, 1.82) is 0 Å². The Kier molecular flexibility index (Phi) is 12.6. The van der Waals surface area contributed by atoms with Gasteiger partial charge in [-0.2, -0.15) is 0 Å². The van der Waals surface area contributed by atoms with E-state index in [9.17, 15) is 27.9 Å². The fourth-order valence-electron chi connectivity index (χ4n) is 6.55. The van der Waals surface area contributed by atoms with Crippen LogP contribution >= 0.6 is 0 Å². The van der Waals surface area contributed by atoms with Crippen LogP contribution in [0.4, 0.5) is 0 Å². The van der Waals surface area contributed by atoms with E-state index in [1.807, 2.05) is 51.1 Å². The number of carbonyl (C=O) groups is 3. The highest BCUT2D eigenvalue weighted by molar-refractivity contribution is 7.92. The van der Waals surface area contributed by atoms with Crippen LogP contribution in [0.1, 0.15) is 72.3 Å². The second-order valence-electron chi connectivity index (χ2n) is 14.5. The van der Waals surface area contributed by atoms with E-state index in [1.54, 1.807) is 7.05 Å². The molecular formula is C33H55N5O6S. The van der Waals surface area contributed by atoms with Gasteiger partial charge in [-0.25, -0.2) is 8.42 Å². The third-order valence-electron chi connectivity index (χ3n) is 9.37. The molecule has 2 fully saturated rings. The fraction of sp³-hybridized carbons (Fsp3) is 0.727. The molecule has 1 saturated heterocycles. The molecule has 3 unspecified atom stereocenters. The van der Waals surface area contributed by atoms with Gasteiger partial charge in [-0.1, -0.05) is 49.6 Å². The Labute approximate surface area is 269 Å². The maximum absolute atomic E-state index is 13.9. The predicted octanol–water partition coefficient (Wildman–Crippen LogP) is 1.40. The SMILES string of the molecule is CNCC(=O)N[C@H](C(=O)NC(Cc1ccccc1)C(O)CN1C[C@H]2CCCC[C@H]2CC1C(=O)NC(C)(C)C)C(C)(C)S(C)(=O)=O. The van der Waals surface area contributed by atoms with Crippen molar-refractivity contribution in [2.24, 2.45) is 11.8 Å². The standard InChI is InChI=1S/C33H55N5O6S/c1-32(2,3)37-30(41)26-18-23-15-11-12-16-24(23)20-38(26)21-27(39)25(17-22-13-9-8-10-14-22)35-31(42)29(36-28(40)19-34-6)33(4,5)45(7,43)44/h8-10,13-14,23-27,29,34,39H,11-12,15-21H2,1-7H3,(H,35,42)(H,36,40)(H,37,41)/t23-,24+,25?,26?,27?,29+/m0/s1. The van der Waals surface area contributed by atoms with Crippen molar-refractivity contribution < 1.29 is 27.9 Å². The smallest absolute Gasteiger partial charge is 0.244 e. The first-order valence-electron chi connectivity index (χ1n) is 16.1. The highest BCUT2D eigenvalue weighted by Gasteiger charge is 2.46. The summed E-state index contributed by atoms with van der Waals surface area (Å²) in [6.45, 7) is 9.38. The number of likely N-dealkylation sites (tertiary alicyclic amines) is 1. The molecule has 1 heterocycles. The first kappa shape index (κ1) is 36.9. The van der Waals surface area contributed by atoms with Gasteiger partial charge < -0.3 is 26.4 Å². The van der Waals surface area contributed by atoms with E-state index in [-0.39, 0.29) is 25.4 Å². The second-order valence-corrected chi connectivity index (χ2v) is 17.1. The molecule has 0 radical (unpaired) electrons. The molecule has 1 aliphatic carbocycles. The van der Waals surface area contributed by atoms with E-state index in [0.29, 0.717) is 18.4 Å². The van der Waals surface area contributed by atoms with Gasteiger partial charge >= 0.3 is 0 Å². The van der Waals surface area contributed by atoms with Crippen LogP contribution in [0, 0.1) is 11.8 Å². The molecule has 1 aromatic rings. The number of fused-ring (bicyclic) bond motifs is 1. The zero-order chi connectivity index (χ0) is 33.6. The largest absolute Gasteiger partial charge is 0.390 e. The highest BCUT2D eigenvalue weighted by atomic mass is 32.2. The van der Waals surface area contributed by atoms with E-state index in [4.69, 9.17) is 0 Å². The molecule has 1 aromatic carbocycles. The minimum Gasteiger partial charge on any atom is -0.390 e. The molecule has 1 aliphatic heterocycles. The monoisotopic (exact) mass is 649 g/mol. The number of benzene rings is 1. The summed E-state index contributed by atoms with van der Waals surface area (Å²) in [5.41, 5.74) is 0.460. The Bertz CT molecular complexity index is 1270. The molecule has 2 aliphatic rings. The molecule has 11 nitrogen and oxygen atoms in total. The van der Waals surface area contributed by atoms with Crippen LogP contribution < -0.4 is 21.3 Å². The molecule has 3 rings (SSSR count). The van der Waals surface area contributed by atoms with Crippen LogP contribution in [0.15, 0.2) is 30.3 Å². The summed E-state index contributed by atoms with van der Waals surface area (Å²) < 4.78 is 23.9. The van der Waals surface area contributed by atoms with Crippen LogP contribution in [-0.4, -0.2) is 104 Å². The van der Waals surface area contributed by atoms with Crippen LogP contribution in [0.5, 0.6) is 0 Å². The molecule has 12 heteroatoms. The highest BCUT2D eigenvalue weighted by Crippen LogP contribution is 2.39. The number of hydrogen-bond donors (Lipinski definition) is 5. The molecule has 0 bridgehead atoms. The van der Waals surface area contributed by atoms with Crippen molar-refractivity contribution in [2.45, 2.75) is 108 Å². The van der Waals surface area contributed by atoms with Gasteiger partial charge in [0, 0.05) is 24.9 Å². The number of likely N-dealkylation sites (N-methyl/N-ethyl adjacent to an activating group) is 1. The Morgan fingerprint density at radius 3 is 2.20 bits per heavy atom. The molecular weight excluding hydrogens is 594 g/mol.